The van der Waals surface area contributed by atoms with Crippen LogP contribution in [-0.2, 0) is 0 Å². The number of aliphatic imine (C=N–C) groups is 1. The van der Waals surface area contributed by atoms with Gasteiger partial charge in [0.1, 0.15) is 11.2 Å². The highest BCUT2D eigenvalue weighted by Crippen LogP contribution is 2.38. The van der Waals surface area contributed by atoms with E-state index >= 15 is 0 Å². The Morgan fingerprint density at radius 3 is 1.97 bits per heavy atom. The van der Waals surface area contributed by atoms with Gasteiger partial charge in [0.05, 0.1) is 16.4 Å². The van der Waals surface area contributed by atoms with Crippen molar-refractivity contribution in [2.24, 2.45) is 4.99 Å². The van der Waals surface area contributed by atoms with Crippen molar-refractivity contribution in [2.45, 2.75) is 0 Å². The molecule has 0 saturated heterocycles. The van der Waals surface area contributed by atoms with Crippen LogP contribution in [0.25, 0.3) is 43.7 Å². The van der Waals surface area contributed by atoms with Gasteiger partial charge in [0.15, 0.2) is 11.7 Å². The SMILES string of the molecule is N=C(N=C(Nn1c2cccc3oc4ccccc4c4cccc1c4c32)c1ccccc1)c1ccccc1. The molecule has 2 aromatic heterocycles. The highest BCUT2D eigenvalue weighted by atomic mass is 16.3. The van der Waals surface area contributed by atoms with Gasteiger partial charge in [-0.15, -0.1) is 0 Å². The quantitative estimate of drug-likeness (QED) is 0.202. The first-order chi connectivity index (χ1) is 18.3. The van der Waals surface area contributed by atoms with Gasteiger partial charge >= 0.3 is 0 Å². The molecule has 0 radical (unpaired) electrons. The molecule has 5 nitrogen and oxygen atoms in total. The number of hydrogen-bond acceptors (Lipinski definition) is 2. The first-order valence-electron chi connectivity index (χ1n) is 12.2. The van der Waals surface area contributed by atoms with E-state index in [1.165, 1.54) is 0 Å². The smallest absolute Gasteiger partial charge is 0.154 e. The summed E-state index contributed by atoms with van der Waals surface area (Å²) in [6, 6.07) is 40.1. The molecule has 2 N–H and O–H groups in total. The Balaban J connectivity index is 1.50. The van der Waals surface area contributed by atoms with Crippen LogP contribution in [-0.4, -0.2) is 16.3 Å². The minimum atomic E-state index is 0.187. The van der Waals surface area contributed by atoms with E-state index in [0.29, 0.717) is 5.84 Å². The molecule has 37 heavy (non-hydrogen) atoms. The molecular weight excluding hydrogens is 456 g/mol. The van der Waals surface area contributed by atoms with Crippen LogP contribution in [0.5, 0.6) is 0 Å². The van der Waals surface area contributed by atoms with Crippen molar-refractivity contribution in [1.82, 2.24) is 4.68 Å². The third-order valence-corrected chi connectivity index (χ3v) is 6.71. The molecule has 0 aliphatic heterocycles. The van der Waals surface area contributed by atoms with E-state index in [-0.39, 0.29) is 5.84 Å². The molecule has 7 rings (SSSR count). The van der Waals surface area contributed by atoms with Crippen molar-refractivity contribution in [2.75, 3.05) is 5.43 Å². The number of rotatable bonds is 3. The predicted octanol–water partition coefficient (Wildman–Crippen LogP) is 7.71. The Morgan fingerprint density at radius 2 is 1.19 bits per heavy atom. The molecule has 0 atom stereocenters. The van der Waals surface area contributed by atoms with Crippen LogP contribution in [0.1, 0.15) is 11.1 Å². The van der Waals surface area contributed by atoms with Gasteiger partial charge in [0, 0.05) is 21.9 Å². The van der Waals surface area contributed by atoms with E-state index < -0.39 is 0 Å². The normalized spacial score (nSPS) is 12.1. The summed E-state index contributed by atoms with van der Waals surface area (Å²) in [6.07, 6.45) is 0. The van der Waals surface area contributed by atoms with Gasteiger partial charge in [-0.25, -0.2) is 4.99 Å². The molecule has 0 aliphatic carbocycles. The van der Waals surface area contributed by atoms with Crippen LogP contribution in [0.4, 0.5) is 0 Å². The maximum atomic E-state index is 8.70. The number of nitrogens with one attached hydrogen (secondary N) is 2. The van der Waals surface area contributed by atoms with Gasteiger partial charge in [-0.05, 0) is 29.7 Å². The summed E-state index contributed by atoms with van der Waals surface area (Å²) < 4.78 is 8.50. The van der Waals surface area contributed by atoms with Crippen molar-refractivity contribution in [1.29, 1.82) is 5.41 Å². The van der Waals surface area contributed by atoms with E-state index in [9.17, 15) is 0 Å². The van der Waals surface area contributed by atoms with E-state index in [1.54, 1.807) is 0 Å². The summed E-state index contributed by atoms with van der Waals surface area (Å²) >= 11 is 0. The zero-order valence-electron chi connectivity index (χ0n) is 19.8. The molecule has 0 bridgehead atoms. The Labute approximate surface area is 212 Å². The van der Waals surface area contributed by atoms with Crippen molar-refractivity contribution >= 4 is 55.4 Å². The van der Waals surface area contributed by atoms with Crippen LogP contribution < -0.4 is 5.43 Å². The van der Waals surface area contributed by atoms with Gasteiger partial charge in [-0.2, -0.15) is 0 Å². The van der Waals surface area contributed by atoms with E-state index in [2.05, 4.69) is 40.4 Å². The van der Waals surface area contributed by atoms with Crippen LogP contribution >= 0.6 is 0 Å². The molecule has 0 spiro atoms. The summed E-state index contributed by atoms with van der Waals surface area (Å²) in [5.74, 6) is 0.773. The van der Waals surface area contributed by atoms with Crippen LogP contribution in [0.15, 0.2) is 131 Å². The van der Waals surface area contributed by atoms with Gasteiger partial charge in [-0.3, -0.25) is 15.5 Å². The van der Waals surface area contributed by atoms with Crippen molar-refractivity contribution < 1.29 is 4.42 Å². The Kier molecular flexibility index (Phi) is 4.86. The first kappa shape index (κ1) is 21.1. The molecule has 0 amide bonds. The van der Waals surface area contributed by atoms with Crippen LogP contribution in [0.3, 0.4) is 0 Å². The standard InChI is InChI=1S/C32H22N4O/c33-31(21-11-3-1-4-12-21)34-32(22-13-5-2-6-14-22)35-36-25-17-9-16-24-23-15-7-8-19-27(23)37-28-20-10-18-26(36)30(28)29(24)25/h1-20H,(H2,33,34,35). The minimum Gasteiger partial charge on any atom is -0.456 e. The van der Waals surface area contributed by atoms with Crippen molar-refractivity contribution in [3.05, 3.63) is 132 Å². The Morgan fingerprint density at radius 1 is 0.595 bits per heavy atom. The lowest BCUT2D eigenvalue weighted by Crippen LogP contribution is -2.25. The average Bonchev–Trinajstić information content (AvgIpc) is 3.19. The lowest BCUT2D eigenvalue weighted by Gasteiger charge is -2.14. The summed E-state index contributed by atoms with van der Waals surface area (Å²) in [4.78, 5) is 4.76. The molecule has 5 heteroatoms. The molecule has 0 unspecified atom stereocenters. The second-order valence-corrected chi connectivity index (χ2v) is 8.94. The molecule has 5 aromatic carbocycles. The zero-order chi connectivity index (χ0) is 24.8. The third kappa shape index (κ3) is 3.48. The summed E-state index contributed by atoms with van der Waals surface area (Å²) in [6.45, 7) is 0. The largest absolute Gasteiger partial charge is 0.456 e. The van der Waals surface area contributed by atoms with Gasteiger partial charge in [-0.1, -0.05) is 97.1 Å². The summed E-state index contributed by atoms with van der Waals surface area (Å²) in [5.41, 5.74) is 8.85. The number of amidine groups is 2. The summed E-state index contributed by atoms with van der Waals surface area (Å²) in [7, 11) is 0. The Hall–Kier alpha value is -5.16. The molecule has 0 fully saturated rings. The van der Waals surface area contributed by atoms with Gasteiger partial charge in [0.25, 0.3) is 0 Å². The molecule has 0 aliphatic rings. The molecule has 7 aromatic rings. The molecule has 0 saturated carbocycles. The maximum Gasteiger partial charge on any atom is 0.154 e. The Bertz CT molecular complexity index is 1960. The van der Waals surface area contributed by atoms with Gasteiger partial charge in [0.2, 0.25) is 0 Å². The topological polar surface area (TPSA) is 66.3 Å². The van der Waals surface area contributed by atoms with Crippen LogP contribution in [0, 0.1) is 5.41 Å². The highest BCUT2D eigenvalue weighted by molar-refractivity contribution is 6.27. The maximum absolute atomic E-state index is 8.70. The second kappa shape index (κ2) is 8.50. The van der Waals surface area contributed by atoms with Crippen molar-refractivity contribution in [3.8, 4) is 0 Å². The molecule has 176 valence electrons. The average molecular weight is 479 g/mol. The minimum absolute atomic E-state index is 0.187. The lowest BCUT2D eigenvalue weighted by atomic mass is 10.1. The number of para-hydroxylation sites is 1. The summed E-state index contributed by atoms with van der Waals surface area (Å²) in [5, 5.41) is 13.0. The lowest BCUT2D eigenvalue weighted by molar-refractivity contribution is 0.664. The molecular formula is C32H22N4O. The zero-order valence-corrected chi connectivity index (χ0v) is 19.8. The number of fused-ring (bicyclic) bond motifs is 2. The van der Waals surface area contributed by atoms with Crippen molar-refractivity contribution in [3.63, 3.8) is 0 Å². The number of benzene rings is 5. The third-order valence-electron chi connectivity index (χ3n) is 6.71. The molecule has 2 heterocycles. The fourth-order valence-electron chi connectivity index (χ4n) is 5.03. The van der Waals surface area contributed by atoms with E-state index in [0.717, 1.165) is 54.9 Å². The van der Waals surface area contributed by atoms with E-state index in [1.807, 2.05) is 91.0 Å². The van der Waals surface area contributed by atoms with Crippen LogP contribution in [0.2, 0.25) is 0 Å². The second-order valence-electron chi connectivity index (χ2n) is 8.94. The fraction of sp³-hybridized carbons (Fsp3) is 0. The monoisotopic (exact) mass is 478 g/mol. The number of nitrogens with zero attached hydrogens (tertiary/aromatic N) is 2. The highest BCUT2D eigenvalue weighted by Gasteiger charge is 2.19. The predicted molar refractivity (Wildman–Crippen MR) is 152 cm³/mol. The fourth-order valence-corrected chi connectivity index (χ4v) is 5.03. The van der Waals surface area contributed by atoms with E-state index in [4.69, 9.17) is 14.8 Å². The number of aromatic nitrogens is 1. The van der Waals surface area contributed by atoms with Gasteiger partial charge < -0.3 is 4.42 Å². The number of hydrogen-bond donors (Lipinski definition) is 2. The first-order valence-corrected chi connectivity index (χ1v) is 12.2.